The van der Waals surface area contributed by atoms with Gasteiger partial charge in [0, 0.05) is 94.5 Å². The van der Waals surface area contributed by atoms with Gasteiger partial charge < -0.3 is 30.7 Å². The second-order valence-electron chi connectivity index (χ2n) is 18.6. The topological polar surface area (TPSA) is 267 Å². The molecule has 0 unspecified atom stereocenters. The molecular formula is C48H60Cl2N6O10. The van der Waals surface area contributed by atoms with E-state index in [-0.39, 0.29) is 21.7 Å². The molecule has 0 fully saturated rings. The van der Waals surface area contributed by atoms with Gasteiger partial charge in [0.15, 0.2) is 11.4 Å². The molecule has 0 bridgehead atoms. The van der Waals surface area contributed by atoms with Gasteiger partial charge in [-0.1, -0.05) is 27.7 Å². The summed E-state index contributed by atoms with van der Waals surface area (Å²) in [7, 11) is 2.16. The van der Waals surface area contributed by atoms with E-state index in [2.05, 4.69) is 163 Å². The minimum absolute atomic E-state index is 0.114. The molecule has 0 spiro atoms. The molecule has 0 saturated carbocycles. The Bertz CT molecular complexity index is 2640. The average Bonchev–Trinajstić information content (AvgIpc) is 3.68. The lowest BCUT2D eigenvalue weighted by atomic mass is 9.78. The summed E-state index contributed by atoms with van der Waals surface area (Å²) < 4.78 is 83.5. The number of nitrogens with two attached hydrogens (primary N) is 2. The summed E-state index contributed by atoms with van der Waals surface area (Å²) in [5.41, 5.74) is 28.5. The number of nitrogen functional groups attached to an aromatic ring is 2. The summed E-state index contributed by atoms with van der Waals surface area (Å²) in [6.07, 6.45) is 4.73. The number of hydrogen-bond donors (Lipinski definition) is 2. The van der Waals surface area contributed by atoms with Gasteiger partial charge in [-0.25, -0.2) is 37.3 Å². The van der Waals surface area contributed by atoms with Gasteiger partial charge in [0.2, 0.25) is 11.4 Å². The molecule has 0 saturated heterocycles. The molecule has 4 aromatic rings. The van der Waals surface area contributed by atoms with E-state index < -0.39 is 20.5 Å². The van der Waals surface area contributed by atoms with Crippen LogP contribution in [0.15, 0.2) is 96.3 Å². The lowest BCUT2D eigenvalue weighted by Crippen LogP contribution is -2.68. The monoisotopic (exact) mass is 950 g/mol. The Hall–Kier alpha value is -5.24. The first-order valence-corrected chi connectivity index (χ1v) is 23.2. The number of fused-ring (bicyclic) bond motifs is 4. The van der Waals surface area contributed by atoms with E-state index in [9.17, 15) is 0 Å². The number of likely N-dealkylation sites (N-methyl/N-ethyl adjacent to an activating group) is 2. The second-order valence-corrected chi connectivity index (χ2v) is 20.2. The quantitative estimate of drug-likeness (QED) is 0.196. The SMILES string of the molecule is CN1C(=CC2=[N+](C)c3ccc(N)cc3C2(C)C)C(C)(C)c2cc(N)ccc21.COc1ccc2c(c1)C(C)(C)C(=CC1=[N+](C)c3ccc(OC)cc3C1(C)C)N2C.[O-][Cl+3]([O-])([O-])[O-].[O-][Cl+3]([O-])([O-])[O-]. The zero-order chi connectivity index (χ0) is 49.9. The van der Waals surface area contributed by atoms with Gasteiger partial charge in [-0.15, -0.1) is 20.5 Å². The predicted octanol–water partition coefficient (Wildman–Crippen LogP) is -0.322. The summed E-state index contributed by atoms with van der Waals surface area (Å²) in [6.45, 7) is 18.3. The Kier molecular flexibility index (Phi) is 14.2. The molecule has 356 valence electrons. The van der Waals surface area contributed by atoms with E-state index in [1.54, 1.807) is 14.2 Å². The van der Waals surface area contributed by atoms with E-state index in [1.165, 1.54) is 67.8 Å². The maximum absolute atomic E-state index is 8.49. The van der Waals surface area contributed by atoms with Gasteiger partial charge in [0.1, 0.15) is 25.6 Å². The van der Waals surface area contributed by atoms with Crippen molar-refractivity contribution in [3.63, 3.8) is 0 Å². The van der Waals surface area contributed by atoms with Gasteiger partial charge in [0.05, 0.1) is 25.0 Å². The zero-order valence-electron chi connectivity index (χ0n) is 39.9. The number of halogens is 2. The van der Waals surface area contributed by atoms with E-state index in [0.717, 1.165) is 22.9 Å². The number of hydrogen-bond acceptors (Lipinski definition) is 14. The van der Waals surface area contributed by atoms with Crippen LogP contribution in [0.4, 0.5) is 34.1 Å². The Morgan fingerprint density at radius 3 is 1.20 bits per heavy atom. The molecule has 0 aromatic heterocycles. The highest BCUT2D eigenvalue weighted by Crippen LogP contribution is 2.51. The Labute approximate surface area is 391 Å². The van der Waals surface area contributed by atoms with E-state index in [4.69, 9.17) is 58.2 Å². The van der Waals surface area contributed by atoms with Crippen molar-refractivity contribution in [3.05, 3.63) is 119 Å². The van der Waals surface area contributed by atoms with Crippen LogP contribution in [0.1, 0.15) is 77.6 Å². The molecule has 66 heavy (non-hydrogen) atoms. The highest BCUT2D eigenvalue weighted by Gasteiger charge is 2.48. The van der Waals surface area contributed by atoms with Crippen molar-refractivity contribution in [2.75, 3.05) is 63.7 Å². The molecule has 4 N–H and O–H groups in total. The van der Waals surface area contributed by atoms with Crippen molar-refractivity contribution in [3.8, 4) is 11.5 Å². The molecule has 4 aliphatic heterocycles. The van der Waals surface area contributed by atoms with Gasteiger partial charge in [0.25, 0.3) is 0 Å². The number of methoxy groups -OCH3 is 2. The van der Waals surface area contributed by atoms with Crippen LogP contribution in [0.2, 0.25) is 0 Å². The Balaban J connectivity index is 0.000000206. The lowest BCUT2D eigenvalue weighted by molar-refractivity contribution is -2.00. The molecule has 18 heteroatoms. The highest BCUT2D eigenvalue weighted by molar-refractivity contribution is 6.05. The molecule has 0 aliphatic carbocycles. The molecule has 0 radical (unpaired) electrons. The van der Waals surface area contributed by atoms with Crippen LogP contribution >= 0.6 is 0 Å². The maximum atomic E-state index is 8.49. The van der Waals surface area contributed by atoms with Crippen molar-refractivity contribution < 1.29 is 76.4 Å². The van der Waals surface area contributed by atoms with Crippen molar-refractivity contribution in [1.82, 2.24) is 0 Å². The van der Waals surface area contributed by atoms with Crippen LogP contribution in [0.25, 0.3) is 0 Å². The molecule has 4 aliphatic rings. The van der Waals surface area contributed by atoms with Gasteiger partial charge in [-0.05, 0) is 99.5 Å². The van der Waals surface area contributed by atoms with Crippen molar-refractivity contribution >= 4 is 45.5 Å². The van der Waals surface area contributed by atoms with E-state index >= 15 is 0 Å². The fraction of sp³-hybridized carbons (Fsp3) is 0.375. The van der Waals surface area contributed by atoms with Crippen LogP contribution in [-0.2, 0) is 21.7 Å². The summed E-state index contributed by atoms with van der Waals surface area (Å²) >= 11 is 0. The summed E-state index contributed by atoms with van der Waals surface area (Å²) in [6, 6.07) is 25.1. The number of anilines is 4. The largest absolute Gasteiger partial charge is 0.497 e. The third-order valence-electron chi connectivity index (χ3n) is 13.1. The first-order valence-electron chi connectivity index (χ1n) is 20.7. The van der Waals surface area contributed by atoms with Crippen molar-refractivity contribution in [2.45, 2.75) is 77.0 Å². The van der Waals surface area contributed by atoms with Gasteiger partial charge in [-0.3, -0.25) is 0 Å². The van der Waals surface area contributed by atoms with Crippen molar-refractivity contribution in [1.29, 1.82) is 0 Å². The zero-order valence-corrected chi connectivity index (χ0v) is 41.4. The maximum Gasteiger partial charge on any atom is 0.209 e. The number of allylic oxidation sites excluding steroid dienone is 4. The Morgan fingerprint density at radius 2 is 0.788 bits per heavy atom. The number of rotatable bonds is 4. The van der Waals surface area contributed by atoms with Crippen LogP contribution in [0.5, 0.6) is 11.5 Å². The van der Waals surface area contributed by atoms with Crippen molar-refractivity contribution in [2.24, 2.45) is 0 Å². The summed E-state index contributed by atoms with van der Waals surface area (Å²) in [4.78, 5) is 4.61. The van der Waals surface area contributed by atoms with Gasteiger partial charge >= 0.3 is 0 Å². The van der Waals surface area contributed by atoms with Crippen LogP contribution < -0.4 is 68.0 Å². The minimum atomic E-state index is -4.94. The molecule has 0 atom stereocenters. The second kappa shape index (κ2) is 18.1. The standard InChI is InChI=1S/C25H31N2O2.C23H29N4.2ClHO4/c1-24(2)18-13-16(28-7)9-11-20(18)26(5)22(24)15-23-25(3,4)19-14-17(29-8)10-12-21(19)27(23)6;1-22(2)16-11-14(24)7-9-18(16)26(5)20(22)13-21-23(3,4)17-12-15(25)8-10-19(17)27(21)6;2*2-1(3,4)5/h9-15H,1-8H3;7-13H,24-25H2,1-6H3;2*(H,2,3,4,5)/q2*+1;;/p-2. The average molecular weight is 952 g/mol. The van der Waals surface area contributed by atoms with Gasteiger partial charge in [-0.2, -0.15) is 9.15 Å². The predicted molar refractivity (Wildman–Crippen MR) is 234 cm³/mol. The molecule has 8 rings (SSSR count). The van der Waals surface area contributed by atoms with Crippen LogP contribution in [0.3, 0.4) is 0 Å². The minimum Gasteiger partial charge on any atom is -0.497 e. The van der Waals surface area contributed by atoms with E-state index in [0.29, 0.717) is 0 Å². The van der Waals surface area contributed by atoms with E-state index in [1.807, 2.05) is 24.3 Å². The number of benzene rings is 4. The molecule has 0 amide bonds. The van der Waals surface area contributed by atoms with Crippen LogP contribution in [0, 0.1) is 20.5 Å². The molecular weight excluding hydrogens is 891 g/mol. The number of nitrogens with zero attached hydrogens (tertiary/aromatic N) is 4. The summed E-state index contributed by atoms with van der Waals surface area (Å²) in [5.74, 6) is 1.80. The smallest absolute Gasteiger partial charge is 0.209 e. The third kappa shape index (κ3) is 10.2. The highest BCUT2D eigenvalue weighted by atomic mass is 35.7. The van der Waals surface area contributed by atoms with Crippen LogP contribution in [-0.4, -0.2) is 63.0 Å². The normalized spacial score (nSPS) is 19.2. The first kappa shape index (κ1) is 51.7. The first-order chi connectivity index (χ1) is 30.2. The fourth-order valence-corrected chi connectivity index (χ4v) is 9.68. The Morgan fingerprint density at radius 1 is 0.485 bits per heavy atom. The third-order valence-corrected chi connectivity index (χ3v) is 13.1. The molecule has 4 heterocycles. The lowest BCUT2D eigenvalue weighted by Gasteiger charge is -2.25. The molecule has 16 nitrogen and oxygen atoms in total. The summed E-state index contributed by atoms with van der Waals surface area (Å²) in [5, 5.41) is 0. The fourth-order valence-electron chi connectivity index (χ4n) is 9.68. The molecule has 4 aromatic carbocycles. The number of ether oxygens (including phenoxy) is 2.